The third-order valence-electron chi connectivity index (χ3n) is 3.16. The van der Waals surface area contributed by atoms with Crippen molar-refractivity contribution in [2.75, 3.05) is 11.1 Å². The highest BCUT2D eigenvalue weighted by Gasteiger charge is 2.15. The molecule has 0 saturated heterocycles. The van der Waals surface area contributed by atoms with E-state index in [0.29, 0.717) is 17.1 Å². The van der Waals surface area contributed by atoms with Crippen LogP contribution < -0.4 is 11.1 Å². The molecule has 3 aromatic rings. The van der Waals surface area contributed by atoms with Gasteiger partial charge in [-0.2, -0.15) is 5.10 Å². The first-order valence-electron chi connectivity index (χ1n) is 6.19. The van der Waals surface area contributed by atoms with Crippen LogP contribution in [-0.2, 0) is 7.05 Å². The van der Waals surface area contributed by atoms with Gasteiger partial charge in [-0.1, -0.05) is 12.1 Å². The first-order chi connectivity index (χ1) is 10.1. The van der Waals surface area contributed by atoms with Crippen LogP contribution in [0.3, 0.4) is 0 Å². The lowest BCUT2D eigenvalue weighted by atomic mass is 10.2. The molecule has 0 spiro atoms. The van der Waals surface area contributed by atoms with Crippen molar-refractivity contribution in [3.8, 4) is 0 Å². The molecular weight excluding hydrogens is 334 g/mol. The molecule has 6 nitrogen and oxygen atoms in total. The van der Waals surface area contributed by atoms with Crippen LogP contribution >= 0.6 is 15.9 Å². The smallest absolute Gasteiger partial charge is 0.261 e. The summed E-state index contributed by atoms with van der Waals surface area (Å²) in [5, 5.41) is 7.72. The number of hydrogen-bond acceptors (Lipinski definition) is 4. The molecule has 7 heteroatoms. The Bertz CT molecular complexity index is 842. The Balaban J connectivity index is 1.98. The zero-order chi connectivity index (χ0) is 15.0. The van der Waals surface area contributed by atoms with Gasteiger partial charge in [-0.15, -0.1) is 0 Å². The molecule has 1 aromatic carbocycles. The first kappa shape index (κ1) is 13.6. The predicted molar refractivity (Wildman–Crippen MR) is 85.0 cm³/mol. The summed E-state index contributed by atoms with van der Waals surface area (Å²) in [6, 6.07) is 7.53. The van der Waals surface area contributed by atoms with E-state index in [0.717, 1.165) is 15.4 Å². The van der Waals surface area contributed by atoms with Crippen LogP contribution in [0.5, 0.6) is 0 Å². The quantitative estimate of drug-likeness (QED) is 0.747. The van der Waals surface area contributed by atoms with E-state index in [-0.39, 0.29) is 5.91 Å². The highest BCUT2D eigenvalue weighted by atomic mass is 79.9. The molecule has 0 radical (unpaired) electrons. The molecule has 2 aromatic heterocycles. The van der Waals surface area contributed by atoms with Gasteiger partial charge in [0.25, 0.3) is 5.91 Å². The summed E-state index contributed by atoms with van der Waals surface area (Å²) in [6.07, 6.45) is 3.14. The van der Waals surface area contributed by atoms with E-state index in [1.807, 2.05) is 18.2 Å². The topological polar surface area (TPSA) is 85.8 Å². The average Bonchev–Trinajstić information content (AvgIpc) is 2.79. The Hall–Kier alpha value is -2.41. The number of benzene rings is 1. The number of nitrogens with two attached hydrogens (primary N) is 1. The maximum atomic E-state index is 12.3. The van der Waals surface area contributed by atoms with Gasteiger partial charge >= 0.3 is 0 Å². The van der Waals surface area contributed by atoms with Crippen LogP contribution in [0.15, 0.2) is 41.1 Å². The van der Waals surface area contributed by atoms with Gasteiger partial charge in [-0.3, -0.25) is 14.5 Å². The number of aryl methyl sites for hydroxylation is 1. The fourth-order valence-electron chi connectivity index (χ4n) is 2.05. The highest BCUT2D eigenvalue weighted by Crippen LogP contribution is 2.24. The number of rotatable bonds is 2. The van der Waals surface area contributed by atoms with E-state index in [1.165, 1.54) is 10.9 Å². The predicted octanol–water partition coefficient (Wildman–Crippen LogP) is 2.57. The van der Waals surface area contributed by atoms with E-state index >= 15 is 0 Å². The summed E-state index contributed by atoms with van der Waals surface area (Å²) >= 11 is 3.38. The lowest BCUT2D eigenvalue weighted by Crippen LogP contribution is -2.14. The van der Waals surface area contributed by atoms with Gasteiger partial charge in [0, 0.05) is 23.1 Å². The van der Waals surface area contributed by atoms with Crippen LogP contribution in [0.1, 0.15) is 10.4 Å². The second kappa shape index (κ2) is 5.17. The largest absolute Gasteiger partial charge is 0.383 e. The molecule has 0 aliphatic carbocycles. The second-order valence-electron chi connectivity index (χ2n) is 4.55. The molecule has 2 heterocycles. The van der Waals surface area contributed by atoms with E-state index in [4.69, 9.17) is 5.73 Å². The van der Waals surface area contributed by atoms with Crippen molar-refractivity contribution in [2.45, 2.75) is 0 Å². The van der Waals surface area contributed by atoms with Crippen molar-refractivity contribution in [3.05, 3.63) is 46.7 Å². The number of nitrogens with zero attached hydrogens (tertiary/aromatic N) is 3. The van der Waals surface area contributed by atoms with Gasteiger partial charge in [-0.25, -0.2) is 0 Å². The normalized spacial score (nSPS) is 10.8. The molecule has 3 rings (SSSR count). The number of anilines is 2. The lowest BCUT2D eigenvalue weighted by molar-refractivity contribution is 0.102. The number of halogens is 1. The fraction of sp³-hybridized carbons (Fsp3) is 0.0714. The third kappa shape index (κ3) is 2.47. The first-order valence-corrected chi connectivity index (χ1v) is 6.98. The maximum absolute atomic E-state index is 12.3. The Morgan fingerprint density at radius 2 is 2.19 bits per heavy atom. The van der Waals surface area contributed by atoms with Gasteiger partial charge in [0.1, 0.15) is 11.4 Å². The minimum atomic E-state index is -0.308. The van der Waals surface area contributed by atoms with Gasteiger partial charge < -0.3 is 11.1 Å². The molecule has 21 heavy (non-hydrogen) atoms. The van der Waals surface area contributed by atoms with Gasteiger partial charge in [0.15, 0.2) is 0 Å². The van der Waals surface area contributed by atoms with Crippen LogP contribution in [0.25, 0.3) is 10.9 Å². The summed E-state index contributed by atoms with van der Waals surface area (Å²) in [5.74, 6) is 0.0151. The van der Waals surface area contributed by atoms with E-state index in [1.54, 1.807) is 19.3 Å². The van der Waals surface area contributed by atoms with Crippen molar-refractivity contribution in [3.63, 3.8) is 0 Å². The van der Waals surface area contributed by atoms with Crippen molar-refractivity contribution < 1.29 is 4.79 Å². The fourth-order valence-corrected chi connectivity index (χ4v) is 2.40. The monoisotopic (exact) mass is 345 g/mol. The number of para-hydroxylation sites is 1. The SMILES string of the molecule is Cn1ncc(C(=O)Nc2cccc3cc(Br)cnc23)c1N. The molecule has 0 aliphatic heterocycles. The number of amides is 1. The highest BCUT2D eigenvalue weighted by molar-refractivity contribution is 9.10. The number of nitrogen functional groups attached to an aromatic ring is 1. The van der Waals surface area contributed by atoms with Crippen molar-refractivity contribution in [2.24, 2.45) is 7.05 Å². The van der Waals surface area contributed by atoms with Crippen LogP contribution in [0.2, 0.25) is 0 Å². The minimum Gasteiger partial charge on any atom is -0.383 e. The summed E-state index contributed by atoms with van der Waals surface area (Å²) in [7, 11) is 1.68. The van der Waals surface area contributed by atoms with Crippen molar-refractivity contribution in [1.82, 2.24) is 14.8 Å². The van der Waals surface area contributed by atoms with E-state index < -0.39 is 0 Å². The zero-order valence-electron chi connectivity index (χ0n) is 11.2. The van der Waals surface area contributed by atoms with Crippen LogP contribution in [-0.4, -0.2) is 20.7 Å². The molecule has 3 N–H and O–H groups in total. The number of fused-ring (bicyclic) bond motifs is 1. The molecule has 0 fully saturated rings. The number of hydrogen-bond donors (Lipinski definition) is 2. The number of nitrogens with one attached hydrogen (secondary N) is 1. The zero-order valence-corrected chi connectivity index (χ0v) is 12.8. The number of aromatic nitrogens is 3. The number of pyridine rings is 1. The summed E-state index contributed by atoms with van der Waals surface area (Å²) in [5.41, 5.74) is 7.50. The summed E-state index contributed by atoms with van der Waals surface area (Å²) in [4.78, 5) is 16.6. The van der Waals surface area contributed by atoms with E-state index in [2.05, 4.69) is 31.3 Å². The number of carbonyl (C=O) groups is 1. The Labute approximate surface area is 129 Å². The molecule has 0 aliphatic rings. The standard InChI is InChI=1S/C14H12BrN5O/c1-20-13(16)10(7-18-20)14(21)19-11-4-2-3-8-5-9(15)6-17-12(8)11/h2-7H,16H2,1H3,(H,19,21). The minimum absolute atomic E-state index is 0.308. The third-order valence-corrected chi connectivity index (χ3v) is 3.59. The molecule has 1 amide bonds. The van der Waals surface area contributed by atoms with Gasteiger partial charge in [0.05, 0.1) is 17.4 Å². The molecule has 0 atom stereocenters. The molecule has 106 valence electrons. The lowest BCUT2D eigenvalue weighted by Gasteiger charge is -2.08. The molecular formula is C14H12BrN5O. The Morgan fingerprint density at radius 3 is 2.90 bits per heavy atom. The van der Waals surface area contributed by atoms with Gasteiger partial charge in [-0.05, 0) is 28.1 Å². The molecule has 0 bridgehead atoms. The van der Waals surface area contributed by atoms with E-state index in [9.17, 15) is 4.79 Å². The summed E-state index contributed by atoms with van der Waals surface area (Å²) < 4.78 is 2.34. The maximum Gasteiger partial charge on any atom is 0.261 e. The Kier molecular flexibility index (Phi) is 3.34. The van der Waals surface area contributed by atoms with Crippen molar-refractivity contribution >= 4 is 44.2 Å². The van der Waals surface area contributed by atoms with Gasteiger partial charge in [0.2, 0.25) is 0 Å². The second-order valence-corrected chi connectivity index (χ2v) is 5.47. The van der Waals surface area contributed by atoms with Crippen LogP contribution in [0, 0.1) is 0 Å². The molecule has 0 unspecified atom stereocenters. The summed E-state index contributed by atoms with van der Waals surface area (Å²) in [6.45, 7) is 0. The van der Waals surface area contributed by atoms with Crippen molar-refractivity contribution in [1.29, 1.82) is 0 Å². The average molecular weight is 346 g/mol. The molecule has 0 saturated carbocycles. The Morgan fingerprint density at radius 1 is 1.38 bits per heavy atom. The number of carbonyl (C=O) groups excluding carboxylic acids is 1. The van der Waals surface area contributed by atoms with Crippen LogP contribution in [0.4, 0.5) is 11.5 Å².